The summed E-state index contributed by atoms with van der Waals surface area (Å²) in [5.41, 5.74) is 0. The summed E-state index contributed by atoms with van der Waals surface area (Å²) in [6.07, 6.45) is 2.86. The fourth-order valence-electron chi connectivity index (χ4n) is 0.780. The number of hydrogen-bond donors (Lipinski definition) is 1. The fraction of sp³-hybridized carbons (Fsp3) is 0.889. The highest BCUT2D eigenvalue weighted by molar-refractivity contribution is 5.80. The molecule has 2 heteroatoms. The van der Waals surface area contributed by atoms with Crippen molar-refractivity contribution < 1.29 is 4.79 Å². The SMILES string of the molecule is CCCCC(=O)CNC(C)C. The molecule has 1 N–H and O–H groups in total. The van der Waals surface area contributed by atoms with E-state index in [-0.39, 0.29) is 0 Å². The van der Waals surface area contributed by atoms with Crippen LogP contribution >= 0.6 is 0 Å². The maximum atomic E-state index is 11.0. The van der Waals surface area contributed by atoms with Crippen LogP contribution in [0.4, 0.5) is 0 Å². The zero-order valence-electron chi connectivity index (χ0n) is 7.81. The predicted octanol–water partition coefficient (Wildman–Crippen LogP) is 1.74. The molecule has 0 heterocycles. The van der Waals surface area contributed by atoms with Gasteiger partial charge in [0.25, 0.3) is 0 Å². The first kappa shape index (κ1) is 10.6. The van der Waals surface area contributed by atoms with E-state index in [4.69, 9.17) is 0 Å². The predicted molar refractivity (Wildman–Crippen MR) is 47.7 cm³/mol. The van der Waals surface area contributed by atoms with Crippen LogP contribution in [0.15, 0.2) is 0 Å². The van der Waals surface area contributed by atoms with Crippen LogP contribution in [0.3, 0.4) is 0 Å². The van der Waals surface area contributed by atoms with Crippen LogP contribution < -0.4 is 5.32 Å². The molecule has 0 saturated heterocycles. The van der Waals surface area contributed by atoms with E-state index in [9.17, 15) is 4.79 Å². The van der Waals surface area contributed by atoms with Crippen molar-refractivity contribution in [2.24, 2.45) is 0 Å². The van der Waals surface area contributed by atoms with Gasteiger partial charge in [-0.15, -0.1) is 0 Å². The fourth-order valence-corrected chi connectivity index (χ4v) is 0.780. The lowest BCUT2D eigenvalue weighted by Gasteiger charge is -2.05. The van der Waals surface area contributed by atoms with Crippen molar-refractivity contribution in [1.82, 2.24) is 5.32 Å². The van der Waals surface area contributed by atoms with E-state index < -0.39 is 0 Å². The van der Waals surface area contributed by atoms with E-state index in [0.717, 1.165) is 19.3 Å². The minimum absolute atomic E-state index is 0.334. The first-order valence-corrected chi connectivity index (χ1v) is 4.42. The second kappa shape index (κ2) is 6.35. The van der Waals surface area contributed by atoms with Crippen molar-refractivity contribution in [2.45, 2.75) is 46.1 Å². The van der Waals surface area contributed by atoms with Crippen LogP contribution in [0, 0.1) is 0 Å². The first-order chi connectivity index (χ1) is 5.16. The number of unbranched alkanes of at least 4 members (excludes halogenated alkanes) is 1. The molecule has 0 fully saturated rings. The van der Waals surface area contributed by atoms with Gasteiger partial charge in [-0.05, 0) is 6.42 Å². The molecule has 0 aliphatic rings. The van der Waals surface area contributed by atoms with Crippen LogP contribution in [0.1, 0.15) is 40.0 Å². The van der Waals surface area contributed by atoms with Gasteiger partial charge in [0.2, 0.25) is 0 Å². The highest BCUT2D eigenvalue weighted by atomic mass is 16.1. The summed E-state index contributed by atoms with van der Waals surface area (Å²) in [5.74, 6) is 0.334. The number of carbonyl (C=O) groups is 1. The Hall–Kier alpha value is -0.370. The molecule has 0 aromatic heterocycles. The Kier molecular flexibility index (Phi) is 6.13. The third kappa shape index (κ3) is 7.53. The Morgan fingerprint density at radius 2 is 2.09 bits per heavy atom. The standard InChI is InChI=1S/C9H19NO/c1-4-5-6-9(11)7-10-8(2)3/h8,10H,4-7H2,1-3H3. The molecule has 0 aromatic carbocycles. The minimum Gasteiger partial charge on any atom is -0.308 e. The molecule has 11 heavy (non-hydrogen) atoms. The average molecular weight is 157 g/mol. The van der Waals surface area contributed by atoms with E-state index in [0.29, 0.717) is 18.4 Å². The van der Waals surface area contributed by atoms with Gasteiger partial charge in [-0.25, -0.2) is 0 Å². The molecule has 0 bridgehead atoms. The van der Waals surface area contributed by atoms with E-state index in [1.807, 2.05) is 13.8 Å². The smallest absolute Gasteiger partial charge is 0.146 e. The molecule has 2 nitrogen and oxygen atoms in total. The van der Waals surface area contributed by atoms with Crippen molar-refractivity contribution >= 4 is 5.78 Å². The van der Waals surface area contributed by atoms with Crippen molar-refractivity contribution in [3.05, 3.63) is 0 Å². The van der Waals surface area contributed by atoms with Gasteiger partial charge in [-0.3, -0.25) is 4.79 Å². The maximum Gasteiger partial charge on any atom is 0.146 e. The summed E-state index contributed by atoms with van der Waals surface area (Å²) in [6.45, 7) is 6.74. The number of nitrogens with one attached hydrogen (secondary N) is 1. The molecule has 0 atom stereocenters. The van der Waals surface area contributed by atoms with Crippen molar-refractivity contribution in [2.75, 3.05) is 6.54 Å². The molecular formula is C9H19NO. The van der Waals surface area contributed by atoms with Crippen molar-refractivity contribution in [3.8, 4) is 0 Å². The van der Waals surface area contributed by atoms with E-state index >= 15 is 0 Å². The van der Waals surface area contributed by atoms with Crippen LogP contribution in [0.2, 0.25) is 0 Å². The lowest BCUT2D eigenvalue weighted by Crippen LogP contribution is -2.28. The average Bonchev–Trinajstić information content (AvgIpc) is 1.97. The van der Waals surface area contributed by atoms with Gasteiger partial charge in [0.15, 0.2) is 0 Å². The molecule has 0 radical (unpaired) electrons. The van der Waals surface area contributed by atoms with Crippen LogP contribution in [0.5, 0.6) is 0 Å². The monoisotopic (exact) mass is 157 g/mol. The molecule has 0 saturated carbocycles. The molecule has 0 aliphatic carbocycles. The highest BCUT2D eigenvalue weighted by Crippen LogP contribution is 1.94. The summed E-state index contributed by atoms with van der Waals surface area (Å²) in [6, 6.07) is 0.417. The Labute approximate surface area is 69.4 Å². The molecule has 0 aliphatic heterocycles. The second-order valence-electron chi connectivity index (χ2n) is 3.18. The number of hydrogen-bond acceptors (Lipinski definition) is 2. The number of ketones is 1. The van der Waals surface area contributed by atoms with Crippen LogP contribution in [-0.2, 0) is 4.79 Å². The van der Waals surface area contributed by atoms with Gasteiger partial charge in [0, 0.05) is 12.5 Å². The summed E-state index contributed by atoms with van der Waals surface area (Å²) in [7, 11) is 0. The Morgan fingerprint density at radius 1 is 1.45 bits per heavy atom. The van der Waals surface area contributed by atoms with Gasteiger partial charge in [-0.1, -0.05) is 27.2 Å². The molecule has 0 rings (SSSR count). The maximum absolute atomic E-state index is 11.0. The lowest BCUT2D eigenvalue weighted by atomic mass is 10.2. The molecule has 0 spiro atoms. The molecule has 0 aromatic rings. The second-order valence-corrected chi connectivity index (χ2v) is 3.18. The minimum atomic E-state index is 0.334. The van der Waals surface area contributed by atoms with Gasteiger partial charge < -0.3 is 5.32 Å². The van der Waals surface area contributed by atoms with Crippen molar-refractivity contribution in [3.63, 3.8) is 0 Å². The van der Waals surface area contributed by atoms with Gasteiger partial charge in [0.1, 0.15) is 5.78 Å². The van der Waals surface area contributed by atoms with Gasteiger partial charge in [0.05, 0.1) is 6.54 Å². The number of carbonyl (C=O) groups excluding carboxylic acids is 1. The number of Topliss-reactive ketones (excluding diaryl/α,β-unsaturated/α-hetero) is 1. The first-order valence-electron chi connectivity index (χ1n) is 4.42. The largest absolute Gasteiger partial charge is 0.308 e. The lowest BCUT2D eigenvalue weighted by molar-refractivity contribution is -0.118. The van der Waals surface area contributed by atoms with Gasteiger partial charge >= 0.3 is 0 Å². The molecule has 66 valence electrons. The Morgan fingerprint density at radius 3 is 2.55 bits per heavy atom. The highest BCUT2D eigenvalue weighted by Gasteiger charge is 2.00. The Bertz CT molecular complexity index is 110. The summed E-state index contributed by atoms with van der Waals surface area (Å²) in [4.78, 5) is 11.0. The van der Waals surface area contributed by atoms with Crippen LogP contribution in [0.25, 0.3) is 0 Å². The zero-order chi connectivity index (χ0) is 8.69. The topological polar surface area (TPSA) is 29.1 Å². The molecular weight excluding hydrogens is 138 g/mol. The van der Waals surface area contributed by atoms with E-state index in [2.05, 4.69) is 12.2 Å². The molecule has 0 unspecified atom stereocenters. The molecule has 0 amide bonds. The quantitative estimate of drug-likeness (QED) is 0.636. The third-order valence-corrected chi connectivity index (χ3v) is 1.52. The zero-order valence-corrected chi connectivity index (χ0v) is 7.81. The van der Waals surface area contributed by atoms with Crippen molar-refractivity contribution in [1.29, 1.82) is 0 Å². The normalized spacial score (nSPS) is 10.5. The van der Waals surface area contributed by atoms with E-state index in [1.54, 1.807) is 0 Å². The summed E-state index contributed by atoms with van der Waals surface area (Å²) >= 11 is 0. The van der Waals surface area contributed by atoms with Gasteiger partial charge in [-0.2, -0.15) is 0 Å². The summed E-state index contributed by atoms with van der Waals surface area (Å²) < 4.78 is 0. The van der Waals surface area contributed by atoms with E-state index in [1.165, 1.54) is 0 Å². The Balaban J connectivity index is 3.23. The number of rotatable bonds is 6. The third-order valence-electron chi connectivity index (χ3n) is 1.52. The summed E-state index contributed by atoms with van der Waals surface area (Å²) in [5, 5.41) is 3.10. The van der Waals surface area contributed by atoms with Crippen LogP contribution in [-0.4, -0.2) is 18.4 Å².